The molecule has 6 nitrogen and oxygen atoms in total. The maximum Gasteiger partial charge on any atom is 0.289 e. The van der Waals surface area contributed by atoms with Gasteiger partial charge in [-0.05, 0) is 26.0 Å². The van der Waals surface area contributed by atoms with Gasteiger partial charge in [-0.1, -0.05) is 6.07 Å². The number of rotatable bonds is 4. The number of aliphatic hydroxyl groups excluding tert-OH is 1. The smallest absolute Gasteiger partial charge is 0.289 e. The molecule has 1 amide bonds. The van der Waals surface area contributed by atoms with Gasteiger partial charge >= 0.3 is 0 Å². The van der Waals surface area contributed by atoms with Crippen LogP contribution in [0.4, 0.5) is 0 Å². The number of ketones is 1. The number of hydrogen-bond donors (Lipinski definition) is 2. The highest BCUT2D eigenvalue weighted by Crippen LogP contribution is 1.99. The Bertz CT molecular complexity index is 503. The van der Waals surface area contributed by atoms with Crippen molar-refractivity contribution < 1.29 is 14.7 Å². The van der Waals surface area contributed by atoms with Crippen molar-refractivity contribution in [3.8, 4) is 0 Å². The number of nitrogens with zero attached hydrogens (tertiary/aromatic N) is 2. The Hall–Kier alpha value is -2.50. The highest BCUT2D eigenvalue weighted by atomic mass is 16.3. The van der Waals surface area contributed by atoms with E-state index in [0.29, 0.717) is 0 Å². The number of aliphatic hydroxyl groups is 1. The number of nitrogens with one attached hydrogen (secondary N) is 1. The Labute approximate surface area is 104 Å². The summed E-state index contributed by atoms with van der Waals surface area (Å²) in [4.78, 5) is 26.4. The average Bonchev–Trinajstić information content (AvgIpc) is 2.34. The number of allylic oxidation sites excluding steroid dienone is 2. The van der Waals surface area contributed by atoms with Crippen LogP contribution in [0.3, 0.4) is 0 Å². The van der Waals surface area contributed by atoms with Gasteiger partial charge in [-0.15, -0.1) is 0 Å². The van der Waals surface area contributed by atoms with Crippen molar-refractivity contribution in [2.75, 3.05) is 0 Å². The van der Waals surface area contributed by atoms with E-state index < -0.39 is 5.91 Å². The van der Waals surface area contributed by atoms with Gasteiger partial charge in [0.05, 0.1) is 11.8 Å². The molecule has 0 bridgehead atoms. The fourth-order valence-corrected chi connectivity index (χ4v) is 1.15. The first-order chi connectivity index (χ1) is 8.52. The van der Waals surface area contributed by atoms with Gasteiger partial charge in [-0.2, -0.15) is 5.10 Å². The number of hydrazone groups is 1. The lowest BCUT2D eigenvalue weighted by Crippen LogP contribution is -2.19. The van der Waals surface area contributed by atoms with Crippen LogP contribution in [-0.2, 0) is 4.79 Å². The van der Waals surface area contributed by atoms with Crippen LogP contribution in [0, 0.1) is 0 Å². The highest BCUT2D eigenvalue weighted by Gasteiger charge is 2.06. The quantitative estimate of drug-likeness (QED) is 0.362. The molecule has 0 saturated heterocycles. The molecular formula is C12H13N3O3. The number of carbonyl (C=O) groups excluding carboxylic acids is 2. The Kier molecular flexibility index (Phi) is 4.74. The number of Topliss-reactive ketones (excluding diaryl/α,β-unsaturated/α-hetero) is 1. The standard InChI is InChI=1S/C12H13N3O3/c1-8(16)10(9(2)17)7-14-15-12(18)11-5-3-4-6-13-11/h3-7,16H,1-2H3,(H,15,18)/b10-8+,14-7+. The van der Waals surface area contributed by atoms with E-state index in [0.717, 1.165) is 6.21 Å². The molecule has 0 aliphatic rings. The second kappa shape index (κ2) is 6.29. The number of aromatic nitrogens is 1. The topological polar surface area (TPSA) is 91.7 Å². The summed E-state index contributed by atoms with van der Waals surface area (Å²) >= 11 is 0. The third-order valence-electron chi connectivity index (χ3n) is 2.03. The molecule has 0 unspecified atom stereocenters. The minimum atomic E-state index is -0.495. The normalized spacial score (nSPS) is 12.1. The highest BCUT2D eigenvalue weighted by molar-refractivity contribution is 6.12. The van der Waals surface area contributed by atoms with E-state index in [4.69, 9.17) is 0 Å². The molecule has 2 N–H and O–H groups in total. The first kappa shape index (κ1) is 13.6. The van der Waals surface area contributed by atoms with Crippen molar-refractivity contribution in [1.82, 2.24) is 10.4 Å². The Morgan fingerprint density at radius 3 is 2.61 bits per heavy atom. The van der Waals surface area contributed by atoms with E-state index in [1.165, 1.54) is 26.1 Å². The van der Waals surface area contributed by atoms with Crippen LogP contribution in [0.1, 0.15) is 24.3 Å². The lowest BCUT2D eigenvalue weighted by atomic mass is 10.2. The van der Waals surface area contributed by atoms with Gasteiger partial charge in [0.25, 0.3) is 5.91 Å². The van der Waals surface area contributed by atoms with Crippen LogP contribution >= 0.6 is 0 Å². The van der Waals surface area contributed by atoms with Crippen LogP contribution in [0.15, 0.2) is 40.8 Å². The zero-order valence-electron chi connectivity index (χ0n) is 10.0. The van der Waals surface area contributed by atoms with Crippen molar-refractivity contribution in [2.45, 2.75) is 13.8 Å². The molecule has 0 aliphatic heterocycles. The third kappa shape index (κ3) is 3.82. The van der Waals surface area contributed by atoms with Gasteiger partial charge in [0.1, 0.15) is 11.5 Å². The SMILES string of the molecule is CC(=O)C(/C=N/NC(=O)c1ccccn1)=C(\C)O. The van der Waals surface area contributed by atoms with E-state index >= 15 is 0 Å². The largest absolute Gasteiger partial charge is 0.512 e. The van der Waals surface area contributed by atoms with Crippen LogP contribution < -0.4 is 5.43 Å². The molecule has 0 aromatic carbocycles. The molecular weight excluding hydrogens is 234 g/mol. The van der Waals surface area contributed by atoms with E-state index in [2.05, 4.69) is 15.5 Å². The second-order valence-electron chi connectivity index (χ2n) is 3.47. The van der Waals surface area contributed by atoms with E-state index in [-0.39, 0.29) is 22.8 Å². The minimum Gasteiger partial charge on any atom is -0.512 e. The first-order valence-corrected chi connectivity index (χ1v) is 5.17. The summed E-state index contributed by atoms with van der Waals surface area (Å²) in [6.07, 6.45) is 2.58. The molecule has 1 heterocycles. The Morgan fingerprint density at radius 2 is 2.11 bits per heavy atom. The fourth-order valence-electron chi connectivity index (χ4n) is 1.15. The van der Waals surface area contributed by atoms with E-state index in [1.807, 2.05) is 0 Å². The molecule has 0 aliphatic carbocycles. The fraction of sp³-hybridized carbons (Fsp3) is 0.167. The van der Waals surface area contributed by atoms with Crippen molar-refractivity contribution in [3.63, 3.8) is 0 Å². The van der Waals surface area contributed by atoms with Crippen LogP contribution in [0.5, 0.6) is 0 Å². The predicted molar refractivity (Wildman–Crippen MR) is 66.2 cm³/mol. The van der Waals surface area contributed by atoms with Gasteiger partial charge in [-0.3, -0.25) is 14.6 Å². The first-order valence-electron chi connectivity index (χ1n) is 5.17. The van der Waals surface area contributed by atoms with Crippen LogP contribution in [0.25, 0.3) is 0 Å². The Morgan fingerprint density at radius 1 is 1.39 bits per heavy atom. The number of pyridine rings is 1. The summed E-state index contributed by atoms with van der Waals surface area (Å²) in [5.41, 5.74) is 2.46. The number of carbonyl (C=O) groups is 2. The maximum absolute atomic E-state index is 11.5. The zero-order chi connectivity index (χ0) is 13.5. The lowest BCUT2D eigenvalue weighted by Gasteiger charge is -1.99. The number of hydrogen-bond acceptors (Lipinski definition) is 5. The van der Waals surface area contributed by atoms with Crippen molar-refractivity contribution in [3.05, 3.63) is 41.4 Å². The maximum atomic E-state index is 11.5. The molecule has 0 saturated carbocycles. The second-order valence-corrected chi connectivity index (χ2v) is 3.47. The van der Waals surface area contributed by atoms with Gasteiger partial charge in [0.15, 0.2) is 5.78 Å². The average molecular weight is 247 g/mol. The molecule has 0 atom stereocenters. The van der Waals surface area contributed by atoms with Crippen LogP contribution in [-0.4, -0.2) is 28.0 Å². The van der Waals surface area contributed by atoms with Gasteiger partial charge in [0, 0.05) is 6.20 Å². The molecule has 6 heteroatoms. The van der Waals surface area contributed by atoms with Gasteiger partial charge < -0.3 is 5.11 Å². The van der Waals surface area contributed by atoms with E-state index in [9.17, 15) is 14.7 Å². The summed E-state index contributed by atoms with van der Waals surface area (Å²) < 4.78 is 0. The monoisotopic (exact) mass is 247 g/mol. The summed E-state index contributed by atoms with van der Waals surface area (Å²) in [6.45, 7) is 2.66. The number of amides is 1. The van der Waals surface area contributed by atoms with Gasteiger partial charge in [-0.25, -0.2) is 5.43 Å². The molecule has 1 rings (SSSR count). The Balaban J connectivity index is 2.69. The zero-order valence-corrected chi connectivity index (χ0v) is 10.0. The molecule has 0 radical (unpaired) electrons. The minimum absolute atomic E-state index is 0.0383. The summed E-state index contributed by atoms with van der Waals surface area (Å²) in [5, 5.41) is 12.8. The molecule has 0 fully saturated rings. The van der Waals surface area contributed by atoms with E-state index in [1.54, 1.807) is 12.1 Å². The molecule has 18 heavy (non-hydrogen) atoms. The predicted octanol–water partition coefficient (Wildman–Crippen LogP) is 1.22. The van der Waals surface area contributed by atoms with Crippen molar-refractivity contribution >= 4 is 17.9 Å². The van der Waals surface area contributed by atoms with Crippen molar-refractivity contribution in [1.29, 1.82) is 0 Å². The van der Waals surface area contributed by atoms with Crippen LogP contribution in [0.2, 0.25) is 0 Å². The molecule has 1 aromatic heterocycles. The summed E-state index contributed by atoms with van der Waals surface area (Å²) in [7, 11) is 0. The summed E-state index contributed by atoms with van der Waals surface area (Å²) in [6, 6.07) is 4.89. The lowest BCUT2D eigenvalue weighted by molar-refractivity contribution is -0.113. The summed E-state index contributed by atoms with van der Waals surface area (Å²) in [5.74, 6) is -0.991. The van der Waals surface area contributed by atoms with Crippen molar-refractivity contribution in [2.24, 2.45) is 5.10 Å². The molecule has 0 spiro atoms. The third-order valence-corrected chi connectivity index (χ3v) is 2.03. The molecule has 94 valence electrons. The van der Waals surface area contributed by atoms with Gasteiger partial charge in [0.2, 0.25) is 0 Å². The molecule has 1 aromatic rings.